The van der Waals surface area contributed by atoms with Gasteiger partial charge in [-0.05, 0) is 13.3 Å². The van der Waals surface area contributed by atoms with E-state index in [1.165, 1.54) is 32.1 Å². The molecule has 0 spiro atoms. The molecule has 0 aromatic heterocycles. The molecule has 0 saturated heterocycles. The summed E-state index contributed by atoms with van der Waals surface area (Å²) in [5.74, 6) is 0.439. The predicted molar refractivity (Wildman–Crippen MR) is 85.0 cm³/mol. The van der Waals surface area contributed by atoms with E-state index in [9.17, 15) is 0 Å². The van der Waals surface area contributed by atoms with Gasteiger partial charge in [0.2, 0.25) is 0 Å². The van der Waals surface area contributed by atoms with Crippen LogP contribution in [0, 0.1) is 0 Å². The van der Waals surface area contributed by atoms with E-state index in [0.717, 1.165) is 13.0 Å². The largest absolute Gasteiger partial charge is 0.391 e. The maximum absolute atomic E-state index is 9.00. The van der Waals surface area contributed by atoms with Crippen molar-refractivity contribution in [1.82, 2.24) is 5.32 Å². The van der Waals surface area contributed by atoms with Crippen LogP contribution in [0.3, 0.4) is 0 Å². The van der Waals surface area contributed by atoms with Gasteiger partial charge in [0.1, 0.15) is 0 Å². The van der Waals surface area contributed by atoms with Crippen LogP contribution in [-0.2, 0) is 0 Å². The van der Waals surface area contributed by atoms with E-state index >= 15 is 0 Å². The summed E-state index contributed by atoms with van der Waals surface area (Å²) < 4.78 is 0. The molecule has 4 nitrogen and oxygen atoms in total. The minimum atomic E-state index is -0.422. The minimum absolute atomic E-state index is 0. The normalized spacial score (nSPS) is 13.0. The molecule has 0 fully saturated rings. The predicted octanol–water partition coefficient (Wildman–Crippen LogP) is 2.25. The summed E-state index contributed by atoms with van der Waals surface area (Å²) in [4.78, 5) is 4.00. The number of nitrogens with zero attached hydrogens (tertiary/aromatic N) is 1. The van der Waals surface area contributed by atoms with Crippen molar-refractivity contribution in [1.29, 1.82) is 0 Å². The van der Waals surface area contributed by atoms with E-state index in [-0.39, 0.29) is 24.0 Å². The van der Waals surface area contributed by atoms with Crippen LogP contribution in [0.1, 0.15) is 52.4 Å². The molecule has 0 radical (unpaired) electrons. The van der Waals surface area contributed by atoms with Gasteiger partial charge < -0.3 is 16.2 Å². The summed E-state index contributed by atoms with van der Waals surface area (Å²) in [7, 11) is 0. The summed E-state index contributed by atoms with van der Waals surface area (Å²) in [6.45, 7) is 5.17. The molecule has 0 aliphatic carbocycles. The third-order valence-electron chi connectivity index (χ3n) is 2.36. The second kappa shape index (κ2) is 14.0. The Kier molecular flexibility index (Phi) is 15.9. The molecule has 0 heterocycles. The summed E-state index contributed by atoms with van der Waals surface area (Å²) >= 11 is 0. The number of rotatable bonds is 9. The highest BCUT2D eigenvalue weighted by Crippen LogP contribution is 2.03. The van der Waals surface area contributed by atoms with E-state index in [2.05, 4.69) is 17.2 Å². The first-order chi connectivity index (χ1) is 7.66. The Bertz CT molecular complexity index is 187. The highest BCUT2D eigenvalue weighted by molar-refractivity contribution is 14.0. The van der Waals surface area contributed by atoms with Crippen LogP contribution in [0.5, 0.6) is 0 Å². The molecule has 0 bridgehead atoms. The van der Waals surface area contributed by atoms with Crippen molar-refractivity contribution in [3.05, 3.63) is 0 Å². The number of nitrogens with one attached hydrogen (secondary N) is 1. The highest BCUT2D eigenvalue weighted by Gasteiger charge is 1.95. The van der Waals surface area contributed by atoms with Crippen molar-refractivity contribution < 1.29 is 5.11 Å². The fourth-order valence-electron chi connectivity index (χ4n) is 1.41. The van der Waals surface area contributed by atoms with Gasteiger partial charge in [0, 0.05) is 6.54 Å². The Balaban J connectivity index is 0. The van der Waals surface area contributed by atoms with Crippen molar-refractivity contribution in [3.63, 3.8) is 0 Å². The van der Waals surface area contributed by atoms with Crippen LogP contribution in [0.4, 0.5) is 0 Å². The Hall–Kier alpha value is -0.0400. The second-order valence-electron chi connectivity index (χ2n) is 4.27. The Morgan fingerprint density at radius 2 is 1.82 bits per heavy atom. The first kappa shape index (κ1) is 19.3. The topological polar surface area (TPSA) is 70.6 Å². The zero-order valence-electron chi connectivity index (χ0n) is 11.1. The van der Waals surface area contributed by atoms with Crippen molar-refractivity contribution in [2.45, 2.75) is 58.5 Å². The number of halogens is 1. The number of hydrogen-bond donors (Lipinski definition) is 3. The van der Waals surface area contributed by atoms with Crippen LogP contribution >= 0.6 is 24.0 Å². The van der Waals surface area contributed by atoms with Gasteiger partial charge in [-0.1, -0.05) is 39.0 Å². The number of aliphatic hydroxyl groups excluding tert-OH is 1. The molecule has 0 aliphatic heterocycles. The molecule has 0 aromatic carbocycles. The molecule has 4 N–H and O–H groups in total. The van der Waals surface area contributed by atoms with Crippen molar-refractivity contribution in [3.8, 4) is 0 Å². The molecular weight excluding hydrogens is 329 g/mol. The molecule has 17 heavy (non-hydrogen) atoms. The van der Waals surface area contributed by atoms with Gasteiger partial charge in [-0.25, -0.2) is 0 Å². The van der Waals surface area contributed by atoms with Gasteiger partial charge in [0.25, 0.3) is 0 Å². The zero-order valence-corrected chi connectivity index (χ0v) is 13.4. The monoisotopic (exact) mass is 357 g/mol. The molecule has 104 valence electrons. The molecule has 5 heteroatoms. The summed E-state index contributed by atoms with van der Waals surface area (Å²) in [5.41, 5.74) is 5.61. The molecule has 0 aliphatic rings. The van der Waals surface area contributed by atoms with E-state index in [0.29, 0.717) is 12.5 Å². The molecule has 0 amide bonds. The zero-order chi connectivity index (χ0) is 12.2. The maximum atomic E-state index is 9.00. The first-order valence-electron chi connectivity index (χ1n) is 6.38. The summed E-state index contributed by atoms with van der Waals surface area (Å²) in [6.07, 6.45) is 7.23. The molecular formula is C12H28IN3O. The number of hydrogen-bond acceptors (Lipinski definition) is 2. The summed E-state index contributed by atoms with van der Waals surface area (Å²) in [5, 5.41) is 12.0. The van der Waals surface area contributed by atoms with Crippen LogP contribution < -0.4 is 11.1 Å². The molecule has 0 saturated carbocycles. The molecule has 1 unspecified atom stereocenters. The van der Waals surface area contributed by atoms with Crippen LogP contribution in [0.2, 0.25) is 0 Å². The molecule has 0 aromatic rings. The minimum Gasteiger partial charge on any atom is -0.391 e. The lowest BCUT2D eigenvalue weighted by atomic mass is 10.1. The lowest BCUT2D eigenvalue weighted by Gasteiger charge is -2.06. The van der Waals surface area contributed by atoms with E-state index < -0.39 is 6.10 Å². The van der Waals surface area contributed by atoms with Crippen LogP contribution in [-0.4, -0.2) is 30.3 Å². The Labute approximate surface area is 122 Å². The van der Waals surface area contributed by atoms with Gasteiger partial charge in [0.05, 0.1) is 12.6 Å². The van der Waals surface area contributed by atoms with Crippen LogP contribution in [0.25, 0.3) is 0 Å². The van der Waals surface area contributed by atoms with Gasteiger partial charge in [-0.15, -0.1) is 24.0 Å². The van der Waals surface area contributed by atoms with Crippen molar-refractivity contribution >= 4 is 29.9 Å². The van der Waals surface area contributed by atoms with E-state index in [1.807, 2.05) is 0 Å². The fourth-order valence-corrected chi connectivity index (χ4v) is 1.41. The van der Waals surface area contributed by atoms with E-state index in [4.69, 9.17) is 10.8 Å². The van der Waals surface area contributed by atoms with Crippen molar-refractivity contribution in [2.24, 2.45) is 10.7 Å². The number of guanidine groups is 1. The SMILES string of the molecule is CCCCCCCCNC(N)=NCC(C)O.I. The number of aliphatic hydroxyl groups is 1. The Morgan fingerprint density at radius 1 is 1.24 bits per heavy atom. The molecule has 0 rings (SSSR count). The number of aliphatic imine (C=N–C) groups is 1. The smallest absolute Gasteiger partial charge is 0.188 e. The molecule has 1 atom stereocenters. The lowest BCUT2D eigenvalue weighted by molar-refractivity contribution is 0.204. The highest BCUT2D eigenvalue weighted by atomic mass is 127. The van der Waals surface area contributed by atoms with Crippen molar-refractivity contribution in [2.75, 3.05) is 13.1 Å². The quantitative estimate of drug-likeness (QED) is 0.257. The third-order valence-corrected chi connectivity index (χ3v) is 2.36. The third kappa shape index (κ3) is 16.0. The second-order valence-corrected chi connectivity index (χ2v) is 4.27. The lowest BCUT2D eigenvalue weighted by Crippen LogP contribution is -2.33. The van der Waals surface area contributed by atoms with Gasteiger partial charge in [-0.2, -0.15) is 0 Å². The van der Waals surface area contributed by atoms with Gasteiger partial charge >= 0.3 is 0 Å². The fraction of sp³-hybridized carbons (Fsp3) is 0.917. The van der Waals surface area contributed by atoms with Crippen LogP contribution in [0.15, 0.2) is 4.99 Å². The van der Waals surface area contributed by atoms with Gasteiger partial charge in [0.15, 0.2) is 5.96 Å². The maximum Gasteiger partial charge on any atom is 0.188 e. The standard InChI is InChI=1S/C12H27N3O.HI/c1-3-4-5-6-7-8-9-14-12(13)15-10-11(2)16;/h11,16H,3-10H2,1-2H3,(H3,13,14,15);1H. The number of nitrogens with two attached hydrogens (primary N) is 1. The Morgan fingerprint density at radius 3 is 2.41 bits per heavy atom. The average molecular weight is 357 g/mol. The average Bonchev–Trinajstić information content (AvgIpc) is 2.25. The van der Waals surface area contributed by atoms with E-state index in [1.54, 1.807) is 6.92 Å². The number of unbranched alkanes of at least 4 members (excludes halogenated alkanes) is 5. The van der Waals surface area contributed by atoms with Gasteiger partial charge in [-0.3, -0.25) is 4.99 Å². The first-order valence-corrected chi connectivity index (χ1v) is 6.38. The summed E-state index contributed by atoms with van der Waals surface area (Å²) in [6, 6.07) is 0.